The number of carbonyl (C=O) groups excluding carboxylic acids is 1. The molecule has 26 heavy (non-hydrogen) atoms. The van der Waals surface area contributed by atoms with E-state index >= 15 is 0 Å². The number of rotatable bonds is 5. The number of hydrogen-bond acceptors (Lipinski definition) is 7. The Balaban J connectivity index is 1.63. The van der Waals surface area contributed by atoms with E-state index in [1.165, 1.54) is 16.7 Å². The first-order valence-corrected chi connectivity index (χ1v) is 11.0. The van der Waals surface area contributed by atoms with E-state index in [1.54, 1.807) is 14.0 Å². The van der Waals surface area contributed by atoms with Crippen molar-refractivity contribution in [1.82, 2.24) is 15.1 Å². The van der Waals surface area contributed by atoms with E-state index in [2.05, 4.69) is 10.2 Å². The number of sulfone groups is 1. The number of aryl methyl sites for hydroxylation is 1. The van der Waals surface area contributed by atoms with E-state index < -0.39 is 15.1 Å². The third-order valence-corrected chi connectivity index (χ3v) is 7.11. The van der Waals surface area contributed by atoms with E-state index in [4.69, 9.17) is 4.42 Å². The smallest absolute Gasteiger partial charge is 0.277 e. The van der Waals surface area contributed by atoms with E-state index in [0.717, 1.165) is 11.1 Å². The first kappa shape index (κ1) is 18.9. The van der Waals surface area contributed by atoms with Crippen LogP contribution in [0.5, 0.6) is 0 Å². The van der Waals surface area contributed by atoms with Gasteiger partial charge in [-0.05, 0) is 32.4 Å². The molecule has 1 aromatic carbocycles. The molecule has 0 bridgehead atoms. The average molecular weight is 396 g/mol. The second kappa shape index (κ2) is 7.40. The Morgan fingerprint density at radius 1 is 1.31 bits per heavy atom. The number of amides is 1. The van der Waals surface area contributed by atoms with Crippen molar-refractivity contribution in [3.8, 4) is 11.5 Å². The number of carbonyl (C=O) groups is 1. The second-order valence-corrected chi connectivity index (χ2v) is 10.0. The van der Waals surface area contributed by atoms with Crippen LogP contribution in [-0.2, 0) is 14.6 Å². The molecule has 2 aromatic rings. The predicted octanol–water partition coefficient (Wildman–Crippen LogP) is 2.17. The highest BCUT2D eigenvalue weighted by Crippen LogP contribution is 2.28. The molecule has 1 fully saturated rings. The summed E-state index contributed by atoms with van der Waals surface area (Å²) >= 11 is 1.18. The lowest BCUT2D eigenvalue weighted by Crippen LogP contribution is -2.41. The van der Waals surface area contributed by atoms with Crippen molar-refractivity contribution in [2.45, 2.75) is 36.8 Å². The number of thioether (sulfide) groups is 1. The first-order valence-electron chi connectivity index (χ1n) is 8.29. The summed E-state index contributed by atoms with van der Waals surface area (Å²) in [5.74, 6) is 0.431. The summed E-state index contributed by atoms with van der Waals surface area (Å²) in [5, 5.41) is 7.89. The van der Waals surface area contributed by atoms with Gasteiger partial charge in [0.2, 0.25) is 11.8 Å². The van der Waals surface area contributed by atoms with Gasteiger partial charge in [0.05, 0.1) is 16.8 Å². The normalized spacial score (nSPS) is 20.0. The third kappa shape index (κ3) is 4.27. The molecule has 3 rings (SSSR count). The Hall–Kier alpha value is -1.87. The molecule has 2 atom stereocenters. The van der Waals surface area contributed by atoms with Gasteiger partial charge in [-0.1, -0.05) is 29.5 Å². The molecule has 1 aromatic heterocycles. The van der Waals surface area contributed by atoms with Gasteiger partial charge in [-0.25, -0.2) is 8.42 Å². The van der Waals surface area contributed by atoms with Crippen LogP contribution in [-0.4, -0.2) is 59.3 Å². The zero-order chi connectivity index (χ0) is 18.9. The largest absolute Gasteiger partial charge is 0.411 e. The molecular weight excluding hydrogens is 374 g/mol. The zero-order valence-corrected chi connectivity index (χ0v) is 16.5. The number of hydrogen-bond donors (Lipinski definition) is 0. The fraction of sp³-hybridized carbons (Fsp3) is 0.471. The summed E-state index contributed by atoms with van der Waals surface area (Å²) in [6.45, 7) is 3.75. The van der Waals surface area contributed by atoms with Crippen LogP contribution in [0, 0.1) is 6.92 Å². The maximum absolute atomic E-state index is 12.6. The van der Waals surface area contributed by atoms with Gasteiger partial charge in [-0.2, -0.15) is 0 Å². The lowest BCUT2D eigenvalue weighted by atomic mass is 10.1. The minimum Gasteiger partial charge on any atom is -0.411 e. The molecule has 1 aliphatic heterocycles. The Labute approximate surface area is 157 Å². The van der Waals surface area contributed by atoms with Crippen LogP contribution in [0.25, 0.3) is 11.5 Å². The van der Waals surface area contributed by atoms with Gasteiger partial charge in [-0.15, -0.1) is 10.2 Å². The molecule has 0 saturated carbocycles. The van der Waals surface area contributed by atoms with Gasteiger partial charge in [0, 0.05) is 18.7 Å². The maximum Gasteiger partial charge on any atom is 0.277 e. The summed E-state index contributed by atoms with van der Waals surface area (Å²) in [6, 6.07) is 7.47. The molecule has 0 radical (unpaired) electrons. The van der Waals surface area contributed by atoms with Crippen molar-refractivity contribution < 1.29 is 17.6 Å². The summed E-state index contributed by atoms with van der Waals surface area (Å²) in [4.78, 5) is 14.1. The monoisotopic (exact) mass is 395 g/mol. The molecular formula is C17H21N3O4S2. The highest BCUT2D eigenvalue weighted by molar-refractivity contribution is 8.00. The van der Waals surface area contributed by atoms with Crippen LogP contribution in [0.1, 0.15) is 18.9 Å². The SMILES string of the molecule is Cc1ccc(-c2nnc(S[C@@H](C)C(=O)N(C)[C@@H]3CCS(=O)(=O)C3)o2)cc1. The van der Waals surface area contributed by atoms with Crippen molar-refractivity contribution >= 4 is 27.5 Å². The van der Waals surface area contributed by atoms with E-state index in [-0.39, 0.29) is 23.5 Å². The van der Waals surface area contributed by atoms with Crippen molar-refractivity contribution in [1.29, 1.82) is 0 Å². The fourth-order valence-electron chi connectivity index (χ4n) is 2.82. The molecule has 0 N–H and O–H groups in total. The van der Waals surface area contributed by atoms with Crippen molar-refractivity contribution in [3.63, 3.8) is 0 Å². The number of aromatic nitrogens is 2. The maximum atomic E-state index is 12.6. The average Bonchev–Trinajstić information content (AvgIpc) is 3.20. The van der Waals surface area contributed by atoms with Crippen molar-refractivity contribution in [2.75, 3.05) is 18.6 Å². The first-order chi connectivity index (χ1) is 12.2. The standard InChI is InChI=1S/C17H21N3O4S2/c1-11-4-6-13(7-5-11)15-18-19-17(24-15)25-12(2)16(21)20(3)14-8-9-26(22,23)10-14/h4-7,12,14H,8-10H2,1-3H3/t12-,14+/m0/s1. The summed E-state index contributed by atoms with van der Waals surface area (Å²) in [7, 11) is -1.38. The Morgan fingerprint density at radius 3 is 2.62 bits per heavy atom. The second-order valence-electron chi connectivity index (χ2n) is 6.51. The molecule has 2 heterocycles. The predicted molar refractivity (Wildman–Crippen MR) is 99.6 cm³/mol. The molecule has 9 heteroatoms. The molecule has 0 aliphatic carbocycles. The minimum atomic E-state index is -3.03. The number of nitrogens with zero attached hydrogens (tertiary/aromatic N) is 3. The molecule has 0 unspecified atom stereocenters. The van der Waals surface area contributed by atoms with Gasteiger partial charge in [0.1, 0.15) is 0 Å². The summed E-state index contributed by atoms with van der Waals surface area (Å²) in [6.07, 6.45) is 0.486. The summed E-state index contributed by atoms with van der Waals surface area (Å²) < 4.78 is 28.9. The molecule has 0 spiro atoms. The van der Waals surface area contributed by atoms with Gasteiger partial charge in [-0.3, -0.25) is 4.79 Å². The molecule has 140 valence electrons. The molecule has 1 amide bonds. The van der Waals surface area contributed by atoms with Crippen LogP contribution < -0.4 is 0 Å². The minimum absolute atomic E-state index is 0.0325. The van der Waals surface area contributed by atoms with Crippen LogP contribution in [0.2, 0.25) is 0 Å². The lowest BCUT2D eigenvalue weighted by molar-refractivity contribution is -0.130. The summed E-state index contributed by atoms with van der Waals surface area (Å²) in [5.41, 5.74) is 1.96. The third-order valence-electron chi connectivity index (χ3n) is 4.43. The number of benzene rings is 1. The Kier molecular flexibility index (Phi) is 5.38. The van der Waals surface area contributed by atoms with Crippen molar-refractivity contribution in [3.05, 3.63) is 29.8 Å². The Morgan fingerprint density at radius 2 is 2.00 bits per heavy atom. The lowest BCUT2D eigenvalue weighted by Gasteiger charge is -2.25. The van der Waals surface area contributed by atoms with E-state index in [1.807, 2.05) is 31.2 Å². The van der Waals surface area contributed by atoms with E-state index in [9.17, 15) is 13.2 Å². The quantitative estimate of drug-likeness (QED) is 0.716. The zero-order valence-electron chi connectivity index (χ0n) is 14.9. The molecule has 7 nitrogen and oxygen atoms in total. The van der Waals surface area contributed by atoms with Gasteiger partial charge in [0.15, 0.2) is 9.84 Å². The van der Waals surface area contributed by atoms with Crippen molar-refractivity contribution in [2.24, 2.45) is 0 Å². The van der Waals surface area contributed by atoms with Crippen LogP contribution in [0.3, 0.4) is 0 Å². The highest BCUT2D eigenvalue weighted by atomic mass is 32.2. The van der Waals surface area contributed by atoms with Gasteiger partial charge in [0.25, 0.3) is 5.22 Å². The van der Waals surface area contributed by atoms with Gasteiger partial charge < -0.3 is 9.32 Å². The topological polar surface area (TPSA) is 93.4 Å². The fourth-order valence-corrected chi connectivity index (χ4v) is 5.38. The molecule has 1 saturated heterocycles. The molecule has 1 aliphatic rings. The highest BCUT2D eigenvalue weighted by Gasteiger charge is 2.34. The van der Waals surface area contributed by atoms with Gasteiger partial charge >= 0.3 is 0 Å². The van der Waals surface area contributed by atoms with E-state index in [0.29, 0.717) is 17.5 Å². The Bertz CT molecular complexity index is 893. The van der Waals surface area contributed by atoms with Crippen LogP contribution in [0.4, 0.5) is 0 Å². The van der Waals surface area contributed by atoms with Crippen LogP contribution in [0.15, 0.2) is 33.9 Å². The van der Waals surface area contributed by atoms with Crippen LogP contribution >= 0.6 is 11.8 Å².